The van der Waals surface area contributed by atoms with Crippen LogP contribution < -0.4 is 5.32 Å². The van der Waals surface area contributed by atoms with Gasteiger partial charge in [-0.1, -0.05) is 24.3 Å². The van der Waals surface area contributed by atoms with Crippen LogP contribution in [0.2, 0.25) is 0 Å². The summed E-state index contributed by atoms with van der Waals surface area (Å²) in [6.45, 7) is 3.06. The van der Waals surface area contributed by atoms with Gasteiger partial charge in [0.1, 0.15) is 0 Å². The average molecular weight is 274 g/mol. The van der Waals surface area contributed by atoms with E-state index in [1.54, 1.807) is 7.11 Å². The Kier molecular flexibility index (Phi) is 4.39. The van der Waals surface area contributed by atoms with E-state index in [1.807, 2.05) is 0 Å². The summed E-state index contributed by atoms with van der Waals surface area (Å²) in [5, 5.41) is 3.71. The van der Waals surface area contributed by atoms with Crippen LogP contribution in [-0.2, 0) is 11.3 Å². The predicted octanol–water partition coefficient (Wildman–Crippen LogP) is 2.58. The Labute approximate surface area is 122 Å². The van der Waals surface area contributed by atoms with Crippen LogP contribution in [0.15, 0.2) is 24.3 Å². The molecule has 1 N–H and O–H groups in total. The summed E-state index contributed by atoms with van der Waals surface area (Å²) in [6, 6.07) is 10.1. The lowest BCUT2D eigenvalue weighted by molar-refractivity contribution is 0.180. The summed E-state index contributed by atoms with van der Waals surface area (Å²) in [7, 11) is 4.03. The van der Waals surface area contributed by atoms with Gasteiger partial charge in [-0.2, -0.15) is 0 Å². The molecular formula is C17H26N2O. The van der Waals surface area contributed by atoms with Crippen LogP contribution in [0.1, 0.15) is 36.4 Å². The van der Waals surface area contributed by atoms with Gasteiger partial charge < -0.3 is 10.1 Å². The maximum Gasteiger partial charge on any atom is 0.0716 e. The van der Waals surface area contributed by atoms with Crippen LogP contribution >= 0.6 is 0 Å². The van der Waals surface area contributed by atoms with E-state index < -0.39 is 0 Å². The minimum Gasteiger partial charge on any atom is -0.380 e. The minimum absolute atomic E-state index is 0.535. The molecule has 2 unspecified atom stereocenters. The predicted molar refractivity (Wildman–Crippen MR) is 81.7 cm³/mol. The second-order valence-electron chi connectivity index (χ2n) is 6.29. The highest BCUT2D eigenvalue weighted by atomic mass is 16.5. The summed E-state index contributed by atoms with van der Waals surface area (Å²) in [4.78, 5) is 2.51. The molecule has 0 radical (unpaired) electrons. The molecular weight excluding hydrogens is 248 g/mol. The van der Waals surface area contributed by atoms with E-state index in [9.17, 15) is 0 Å². The molecule has 1 aromatic rings. The summed E-state index contributed by atoms with van der Waals surface area (Å²) < 4.78 is 5.37. The van der Waals surface area contributed by atoms with Gasteiger partial charge in [0.05, 0.1) is 6.61 Å². The van der Waals surface area contributed by atoms with Gasteiger partial charge in [-0.3, -0.25) is 4.90 Å². The number of nitrogens with zero attached hydrogens (tertiary/aromatic N) is 1. The fraction of sp³-hybridized carbons (Fsp3) is 0.647. The van der Waals surface area contributed by atoms with Crippen molar-refractivity contribution in [1.29, 1.82) is 0 Å². The van der Waals surface area contributed by atoms with Gasteiger partial charge in [0.25, 0.3) is 0 Å². The summed E-state index contributed by atoms with van der Waals surface area (Å²) in [6.07, 6.45) is 4.03. The fourth-order valence-electron chi connectivity index (χ4n) is 3.45. The number of hydrogen-bond donors (Lipinski definition) is 1. The fourth-order valence-corrected chi connectivity index (χ4v) is 3.45. The molecule has 1 aromatic carbocycles. The van der Waals surface area contributed by atoms with E-state index in [1.165, 1.54) is 36.9 Å². The monoisotopic (exact) mass is 274 g/mol. The lowest BCUT2D eigenvalue weighted by Crippen LogP contribution is -2.30. The van der Waals surface area contributed by atoms with Crippen molar-refractivity contribution in [2.75, 3.05) is 27.2 Å². The lowest BCUT2D eigenvalue weighted by Gasteiger charge is -2.28. The van der Waals surface area contributed by atoms with E-state index in [0.717, 1.165) is 18.5 Å². The van der Waals surface area contributed by atoms with E-state index in [-0.39, 0.29) is 0 Å². The topological polar surface area (TPSA) is 24.5 Å². The van der Waals surface area contributed by atoms with E-state index in [2.05, 4.69) is 41.5 Å². The minimum atomic E-state index is 0.535. The molecule has 110 valence electrons. The van der Waals surface area contributed by atoms with Crippen LogP contribution in [-0.4, -0.2) is 38.2 Å². The van der Waals surface area contributed by atoms with Crippen molar-refractivity contribution in [2.24, 2.45) is 5.92 Å². The van der Waals surface area contributed by atoms with Gasteiger partial charge in [0.15, 0.2) is 0 Å². The highest BCUT2D eigenvalue weighted by Gasteiger charge is 2.35. The van der Waals surface area contributed by atoms with Crippen molar-refractivity contribution in [3.8, 4) is 0 Å². The molecule has 20 heavy (non-hydrogen) atoms. The lowest BCUT2D eigenvalue weighted by atomic mass is 9.90. The number of ether oxygens (including phenoxy) is 1. The van der Waals surface area contributed by atoms with Crippen LogP contribution in [0.5, 0.6) is 0 Å². The third-order valence-corrected chi connectivity index (χ3v) is 4.69. The third-order valence-electron chi connectivity index (χ3n) is 4.69. The zero-order chi connectivity index (χ0) is 13.9. The first-order valence-corrected chi connectivity index (χ1v) is 7.80. The Bertz CT molecular complexity index is 444. The van der Waals surface area contributed by atoms with E-state index in [4.69, 9.17) is 4.74 Å². The van der Waals surface area contributed by atoms with Crippen LogP contribution in [0, 0.1) is 5.92 Å². The zero-order valence-corrected chi connectivity index (χ0v) is 12.6. The number of nitrogens with one attached hydrogen (secondary N) is 1. The Morgan fingerprint density at radius 3 is 2.80 bits per heavy atom. The Hall–Kier alpha value is -0.900. The maximum atomic E-state index is 5.37. The highest BCUT2D eigenvalue weighted by Crippen LogP contribution is 2.38. The SMILES string of the molecule is COCc1ccccc1C1C(CNC2CC2)CCN1C. The second kappa shape index (κ2) is 6.25. The standard InChI is InChI=1S/C17H26N2O/c1-19-10-9-13(11-18-15-7-8-15)17(19)16-6-4-3-5-14(16)12-20-2/h3-6,13,15,17-18H,7-12H2,1-2H3. The van der Waals surface area contributed by atoms with Crippen LogP contribution in [0.3, 0.4) is 0 Å². The zero-order valence-electron chi connectivity index (χ0n) is 12.6. The number of methoxy groups -OCH3 is 1. The summed E-state index contributed by atoms with van der Waals surface area (Å²) in [5.74, 6) is 0.721. The van der Waals surface area contributed by atoms with Gasteiger partial charge in [-0.15, -0.1) is 0 Å². The molecule has 3 nitrogen and oxygen atoms in total. The Morgan fingerprint density at radius 2 is 2.05 bits per heavy atom. The Morgan fingerprint density at radius 1 is 1.25 bits per heavy atom. The van der Waals surface area contributed by atoms with Gasteiger partial charge in [0, 0.05) is 25.7 Å². The van der Waals surface area contributed by atoms with E-state index in [0.29, 0.717) is 12.6 Å². The molecule has 1 heterocycles. The highest BCUT2D eigenvalue weighted by molar-refractivity contribution is 5.31. The van der Waals surface area contributed by atoms with Crippen molar-refractivity contribution in [1.82, 2.24) is 10.2 Å². The average Bonchev–Trinajstić information content (AvgIpc) is 3.21. The van der Waals surface area contributed by atoms with Crippen molar-refractivity contribution in [3.05, 3.63) is 35.4 Å². The maximum absolute atomic E-state index is 5.37. The molecule has 2 aliphatic rings. The summed E-state index contributed by atoms with van der Waals surface area (Å²) >= 11 is 0. The molecule has 1 aliphatic heterocycles. The van der Waals surface area contributed by atoms with Gasteiger partial charge in [-0.05, 0) is 49.9 Å². The first-order valence-electron chi connectivity index (χ1n) is 7.80. The molecule has 2 atom stereocenters. The molecule has 3 heteroatoms. The van der Waals surface area contributed by atoms with Gasteiger partial charge >= 0.3 is 0 Å². The number of rotatable bonds is 6. The van der Waals surface area contributed by atoms with Crippen molar-refractivity contribution in [2.45, 2.75) is 38.0 Å². The van der Waals surface area contributed by atoms with Crippen molar-refractivity contribution in [3.63, 3.8) is 0 Å². The molecule has 3 rings (SSSR count). The van der Waals surface area contributed by atoms with Crippen molar-refractivity contribution >= 4 is 0 Å². The third kappa shape index (κ3) is 3.05. The number of hydrogen-bond acceptors (Lipinski definition) is 3. The molecule has 1 aliphatic carbocycles. The molecule has 0 aromatic heterocycles. The van der Waals surface area contributed by atoms with Crippen molar-refractivity contribution < 1.29 is 4.74 Å². The normalized spacial score (nSPS) is 27.1. The van der Waals surface area contributed by atoms with Gasteiger partial charge in [-0.25, -0.2) is 0 Å². The van der Waals surface area contributed by atoms with Crippen LogP contribution in [0.4, 0.5) is 0 Å². The largest absolute Gasteiger partial charge is 0.380 e. The number of likely N-dealkylation sites (tertiary alicyclic amines) is 1. The molecule has 0 amide bonds. The molecule has 0 bridgehead atoms. The summed E-state index contributed by atoms with van der Waals surface area (Å²) in [5.41, 5.74) is 2.79. The molecule has 0 spiro atoms. The number of benzene rings is 1. The smallest absolute Gasteiger partial charge is 0.0716 e. The first kappa shape index (κ1) is 14.1. The van der Waals surface area contributed by atoms with Crippen LogP contribution in [0.25, 0.3) is 0 Å². The Balaban J connectivity index is 1.77. The second-order valence-corrected chi connectivity index (χ2v) is 6.29. The van der Waals surface area contributed by atoms with E-state index >= 15 is 0 Å². The van der Waals surface area contributed by atoms with Gasteiger partial charge in [0.2, 0.25) is 0 Å². The molecule has 2 fully saturated rings. The first-order chi connectivity index (χ1) is 9.79. The molecule has 1 saturated carbocycles. The quantitative estimate of drug-likeness (QED) is 0.863. The molecule has 1 saturated heterocycles.